The zero-order valence-electron chi connectivity index (χ0n) is 5.20. The predicted molar refractivity (Wildman–Crippen MR) is 32.4 cm³/mol. The summed E-state index contributed by atoms with van der Waals surface area (Å²) < 4.78 is 0. The van der Waals surface area contributed by atoms with Crippen molar-refractivity contribution in [2.24, 2.45) is 11.5 Å². The van der Waals surface area contributed by atoms with Crippen molar-refractivity contribution in [3.63, 3.8) is 0 Å². The lowest BCUT2D eigenvalue weighted by atomic mass is 10.1. The lowest BCUT2D eigenvalue weighted by Crippen LogP contribution is -2.34. The van der Waals surface area contributed by atoms with Gasteiger partial charge in [0, 0.05) is 6.42 Å². The van der Waals surface area contributed by atoms with E-state index in [9.17, 15) is 9.59 Å². The number of ketones is 1. The molecule has 5 heteroatoms. The highest BCUT2D eigenvalue weighted by Crippen LogP contribution is 1.86. The number of nitrogens with two attached hydrogens (primary N) is 2. The van der Waals surface area contributed by atoms with Crippen LogP contribution in [0.5, 0.6) is 0 Å². The number of nitrogens with zero attached hydrogens (tertiary/aromatic N) is 1. The van der Waals surface area contributed by atoms with Gasteiger partial charge in [-0.3, -0.25) is 9.59 Å². The molecule has 1 amide bonds. The van der Waals surface area contributed by atoms with Crippen LogP contribution in [0, 0.1) is 11.3 Å². The smallest absolute Gasteiger partial charge is 0.249 e. The Bertz CT molecular complexity index is 194. The highest BCUT2D eigenvalue weighted by molar-refractivity contribution is 5.99. The molecule has 0 aromatic carbocycles. The largest absolute Gasteiger partial charge is 0.370 e. The molecule has 0 aliphatic heterocycles. The molecule has 0 radical (unpaired) electrons. The van der Waals surface area contributed by atoms with Gasteiger partial charge in [-0.15, -0.1) is 0 Å². The van der Waals surface area contributed by atoms with Gasteiger partial charge in [0.2, 0.25) is 11.7 Å². The number of nitriles is 1. The zero-order chi connectivity index (χ0) is 8.15. The van der Waals surface area contributed by atoms with Gasteiger partial charge < -0.3 is 11.5 Å². The zero-order valence-corrected chi connectivity index (χ0v) is 5.20. The van der Waals surface area contributed by atoms with Crippen LogP contribution in [0.1, 0.15) is 6.42 Å². The van der Waals surface area contributed by atoms with Gasteiger partial charge in [-0.1, -0.05) is 0 Å². The van der Waals surface area contributed by atoms with Gasteiger partial charge in [0.05, 0.1) is 6.04 Å². The van der Waals surface area contributed by atoms with Crippen LogP contribution in [-0.4, -0.2) is 17.7 Å². The van der Waals surface area contributed by atoms with E-state index in [1.807, 2.05) is 0 Å². The van der Waals surface area contributed by atoms with Gasteiger partial charge in [-0.05, 0) is 0 Å². The summed E-state index contributed by atoms with van der Waals surface area (Å²) in [4.78, 5) is 20.5. The molecular formula is C5H7N3O2. The fourth-order valence-corrected chi connectivity index (χ4v) is 0.392. The van der Waals surface area contributed by atoms with Gasteiger partial charge >= 0.3 is 0 Å². The maximum atomic E-state index is 10.4. The Kier molecular flexibility index (Phi) is 3.08. The average Bonchev–Trinajstić information content (AvgIpc) is 1.85. The Morgan fingerprint density at radius 3 is 2.40 bits per heavy atom. The molecule has 5 nitrogen and oxygen atoms in total. The number of carbonyl (C=O) groups excluding carboxylic acids is 2. The number of Topliss-reactive ketones (excluding diaryl/α,β-unsaturated/α-hetero) is 1. The summed E-state index contributed by atoms with van der Waals surface area (Å²) in [5.41, 5.74) is 9.76. The number of carbonyl (C=O) groups is 2. The number of amides is 1. The molecule has 54 valence electrons. The number of rotatable bonds is 3. The second-order valence-corrected chi connectivity index (χ2v) is 1.75. The van der Waals surface area contributed by atoms with Gasteiger partial charge in [0.25, 0.3) is 0 Å². The van der Waals surface area contributed by atoms with Crippen LogP contribution in [0.2, 0.25) is 0 Å². The molecule has 0 aromatic rings. The quantitative estimate of drug-likeness (QED) is 0.455. The monoisotopic (exact) mass is 141 g/mol. The average molecular weight is 141 g/mol. The fourth-order valence-electron chi connectivity index (χ4n) is 0.392. The van der Waals surface area contributed by atoms with Crippen molar-refractivity contribution >= 4 is 11.7 Å². The van der Waals surface area contributed by atoms with Crippen molar-refractivity contribution in [1.29, 1.82) is 5.26 Å². The second kappa shape index (κ2) is 3.58. The van der Waals surface area contributed by atoms with E-state index in [0.29, 0.717) is 0 Å². The van der Waals surface area contributed by atoms with Crippen LogP contribution >= 0.6 is 0 Å². The van der Waals surface area contributed by atoms with Gasteiger partial charge in [0.15, 0.2) is 0 Å². The van der Waals surface area contributed by atoms with Crippen molar-refractivity contribution < 1.29 is 9.59 Å². The molecule has 4 N–H and O–H groups in total. The van der Waals surface area contributed by atoms with Crippen LogP contribution < -0.4 is 11.5 Å². The van der Waals surface area contributed by atoms with Crippen molar-refractivity contribution in [3.05, 3.63) is 0 Å². The number of primary amides is 1. The first kappa shape index (κ1) is 8.59. The summed E-state index contributed by atoms with van der Waals surface area (Å²) in [6.45, 7) is 0. The Labute approximate surface area is 57.6 Å². The minimum atomic E-state index is -1.07. The molecule has 0 rings (SSSR count). The van der Waals surface area contributed by atoms with E-state index in [-0.39, 0.29) is 6.42 Å². The first-order chi connectivity index (χ1) is 4.57. The van der Waals surface area contributed by atoms with E-state index in [1.165, 1.54) is 6.07 Å². The lowest BCUT2D eigenvalue weighted by molar-refractivity contribution is -0.122. The third-order valence-corrected chi connectivity index (χ3v) is 0.868. The summed E-state index contributed by atoms with van der Waals surface area (Å²) in [6, 6.07) is 0.231. The molecule has 0 aliphatic carbocycles. The molecule has 0 spiro atoms. The summed E-state index contributed by atoms with van der Waals surface area (Å²) >= 11 is 0. The van der Waals surface area contributed by atoms with E-state index in [0.717, 1.165) is 0 Å². The molecule has 0 saturated heterocycles. The summed E-state index contributed by atoms with van der Waals surface area (Å²) in [5, 5.41) is 7.99. The molecule has 0 bridgehead atoms. The Hall–Kier alpha value is -1.41. The maximum absolute atomic E-state index is 10.4. The summed E-state index contributed by atoms with van der Waals surface area (Å²) in [6.07, 6.45) is -0.271. The summed E-state index contributed by atoms with van der Waals surface area (Å²) in [5.74, 6) is -1.50. The number of hydrogen-bond acceptors (Lipinski definition) is 4. The van der Waals surface area contributed by atoms with Crippen LogP contribution in [-0.2, 0) is 9.59 Å². The van der Waals surface area contributed by atoms with Crippen molar-refractivity contribution in [2.75, 3.05) is 0 Å². The van der Waals surface area contributed by atoms with E-state index >= 15 is 0 Å². The third kappa shape index (κ3) is 2.79. The summed E-state index contributed by atoms with van der Waals surface area (Å²) in [7, 11) is 0. The molecule has 0 fully saturated rings. The highest BCUT2D eigenvalue weighted by Gasteiger charge is 2.14. The van der Waals surface area contributed by atoms with Crippen LogP contribution in [0.25, 0.3) is 0 Å². The molecule has 0 aromatic heterocycles. The Morgan fingerprint density at radius 1 is 1.60 bits per heavy atom. The van der Waals surface area contributed by atoms with E-state index < -0.39 is 17.7 Å². The Balaban J connectivity index is 3.88. The first-order valence-electron chi connectivity index (χ1n) is 2.55. The molecule has 0 heterocycles. The fraction of sp³-hybridized carbons (Fsp3) is 0.400. The van der Waals surface area contributed by atoms with E-state index in [2.05, 4.69) is 0 Å². The normalized spacial score (nSPS) is 11.6. The standard InChI is InChI=1S/C5H7N3O2/c6-2-4(9)3(7)1-5(8)10/h3H,1,7H2,(H2,8,10)/t3-/m0/s1. The number of hydrogen-bond donors (Lipinski definition) is 2. The molecule has 0 unspecified atom stereocenters. The topological polar surface area (TPSA) is 110 Å². The van der Waals surface area contributed by atoms with E-state index in [1.54, 1.807) is 0 Å². The van der Waals surface area contributed by atoms with Crippen molar-refractivity contribution in [3.8, 4) is 6.07 Å². The van der Waals surface area contributed by atoms with Crippen LogP contribution in [0.3, 0.4) is 0 Å². The third-order valence-electron chi connectivity index (χ3n) is 0.868. The van der Waals surface area contributed by atoms with Crippen LogP contribution in [0.15, 0.2) is 0 Å². The molecule has 10 heavy (non-hydrogen) atoms. The highest BCUT2D eigenvalue weighted by atomic mass is 16.1. The lowest BCUT2D eigenvalue weighted by Gasteiger charge is -1.99. The van der Waals surface area contributed by atoms with Gasteiger partial charge in [-0.25, -0.2) is 0 Å². The van der Waals surface area contributed by atoms with Crippen LogP contribution in [0.4, 0.5) is 0 Å². The molecular weight excluding hydrogens is 134 g/mol. The van der Waals surface area contributed by atoms with Crippen molar-refractivity contribution in [2.45, 2.75) is 12.5 Å². The minimum absolute atomic E-state index is 0.271. The molecule has 1 atom stereocenters. The van der Waals surface area contributed by atoms with Crippen molar-refractivity contribution in [1.82, 2.24) is 0 Å². The maximum Gasteiger partial charge on any atom is 0.249 e. The second-order valence-electron chi connectivity index (χ2n) is 1.75. The van der Waals surface area contributed by atoms with E-state index in [4.69, 9.17) is 16.7 Å². The predicted octanol–water partition coefficient (Wildman–Crippen LogP) is -1.72. The Morgan fingerprint density at radius 2 is 2.10 bits per heavy atom. The van der Waals surface area contributed by atoms with Gasteiger partial charge in [-0.2, -0.15) is 5.26 Å². The molecule has 0 saturated carbocycles. The first-order valence-corrected chi connectivity index (χ1v) is 2.55. The molecule has 0 aliphatic rings. The SMILES string of the molecule is N#CC(=O)[C@@H](N)CC(N)=O. The minimum Gasteiger partial charge on any atom is -0.370 e. The van der Waals surface area contributed by atoms with Gasteiger partial charge in [0.1, 0.15) is 6.07 Å².